The highest BCUT2D eigenvalue weighted by molar-refractivity contribution is 5.37. The van der Waals surface area contributed by atoms with Crippen LogP contribution in [-0.2, 0) is 0 Å². The summed E-state index contributed by atoms with van der Waals surface area (Å²) in [4.78, 5) is 0. The van der Waals surface area contributed by atoms with E-state index in [1.54, 1.807) is 12.1 Å². The molecule has 2 aromatic carbocycles. The SMILES string of the molecule is CC(C)Oc1ccc([C@@H](CC#N)c2ccc(F)cc2)cc1. The molecule has 0 aliphatic rings. The Hall–Kier alpha value is -2.34. The van der Waals surface area contributed by atoms with Gasteiger partial charge in [-0.1, -0.05) is 24.3 Å². The van der Waals surface area contributed by atoms with Gasteiger partial charge in [0.2, 0.25) is 0 Å². The zero-order valence-corrected chi connectivity index (χ0v) is 12.2. The summed E-state index contributed by atoms with van der Waals surface area (Å²) in [5, 5.41) is 9.04. The van der Waals surface area contributed by atoms with Crippen molar-refractivity contribution in [3.63, 3.8) is 0 Å². The first-order chi connectivity index (χ1) is 10.1. The molecule has 2 nitrogen and oxygen atoms in total. The van der Waals surface area contributed by atoms with E-state index in [0.717, 1.165) is 16.9 Å². The van der Waals surface area contributed by atoms with E-state index in [1.165, 1.54) is 12.1 Å². The number of nitrogens with zero attached hydrogens (tertiary/aromatic N) is 1. The van der Waals surface area contributed by atoms with E-state index in [0.29, 0.717) is 6.42 Å². The third kappa shape index (κ3) is 4.06. The van der Waals surface area contributed by atoms with Crippen LogP contribution in [-0.4, -0.2) is 6.10 Å². The van der Waals surface area contributed by atoms with Crippen molar-refractivity contribution in [3.8, 4) is 11.8 Å². The number of hydrogen-bond donors (Lipinski definition) is 0. The minimum Gasteiger partial charge on any atom is -0.491 e. The highest BCUT2D eigenvalue weighted by Crippen LogP contribution is 2.29. The van der Waals surface area contributed by atoms with Crippen LogP contribution in [0.15, 0.2) is 48.5 Å². The second-order valence-electron chi connectivity index (χ2n) is 5.20. The van der Waals surface area contributed by atoms with Crippen molar-refractivity contribution in [1.29, 1.82) is 5.26 Å². The summed E-state index contributed by atoms with van der Waals surface area (Å²) in [6, 6.07) is 16.3. The molecule has 0 saturated heterocycles. The topological polar surface area (TPSA) is 33.0 Å². The molecule has 0 amide bonds. The summed E-state index contributed by atoms with van der Waals surface area (Å²) in [7, 11) is 0. The van der Waals surface area contributed by atoms with E-state index >= 15 is 0 Å². The van der Waals surface area contributed by atoms with E-state index in [4.69, 9.17) is 10.00 Å². The molecule has 2 aromatic rings. The quantitative estimate of drug-likeness (QED) is 0.799. The molecule has 0 N–H and O–H groups in total. The van der Waals surface area contributed by atoms with Gasteiger partial charge in [0.15, 0.2) is 0 Å². The van der Waals surface area contributed by atoms with Crippen LogP contribution in [0.3, 0.4) is 0 Å². The van der Waals surface area contributed by atoms with Crippen LogP contribution in [0.5, 0.6) is 5.75 Å². The Morgan fingerprint density at radius 3 is 2.00 bits per heavy atom. The van der Waals surface area contributed by atoms with Crippen molar-refractivity contribution >= 4 is 0 Å². The highest BCUT2D eigenvalue weighted by Gasteiger charge is 2.14. The lowest BCUT2D eigenvalue weighted by Gasteiger charge is -2.16. The Kier molecular flexibility index (Phi) is 4.94. The van der Waals surface area contributed by atoms with Crippen LogP contribution in [0.4, 0.5) is 4.39 Å². The van der Waals surface area contributed by atoms with Crippen LogP contribution in [0.25, 0.3) is 0 Å². The van der Waals surface area contributed by atoms with Gasteiger partial charge in [0.25, 0.3) is 0 Å². The summed E-state index contributed by atoms with van der Waals surface area (Å²) >= 11 is 0. The maximum atomic E-state index is 13.0. The van der Waals surface area contributed by atoms with Crippen LogP contribution in [0.2, 0.25) is 0 Å². The van der Waals surface area contributed by atoms with Gasteiger partial charge in [0.05, 0.1) is 12.2 Å². The molecular formula is C18H18FNO. The number of benzene rings is 2. The number of hydrogen-bond acceptors (Lipinski definition) is 2. The number of rotatable bonds is 5. The number of halogens is 1. The van der Waals surface area contributed by atoms with Crippen molar-refractivity contribution in [1.82, 2.24) is 0 Å². The zero-order valence-electron chi connectivity index (χ0n) is 12.2. The first kappa shape index (κ1) is 15.1. The van der Waals surface area contributed by atoms with Gasteiger partial charge in [-0.05, 0) is 49.2 Å². The molecule has 2 rings (SSSR count). The fraction of sp³-hybridized carbons (Fsp3) is 0.278. The summed E-state index contributed by atoms with van der Waals surface area (Å²) in [5.74, 6) is 0.488. The van der Waals surface area contributed by atoms with E-state index in [1.807, 2.05) is 38.1 Å². The highest BCUT2D eigenvalue weighted by atomic mass is 19.1. The smallest absolute Gasteiger partial charge is 0.123 e. The van der Waals surface area contributed by atoms with E-state index in [2.05, 4.69) is 6.07 Å². The number of ether oxygens (including phenoxy) is 1. The van der Waals surface area contributed by atoms with Crippen molar-refractivity contribution in [2.24, 2.45) is 0 Å². The third-order valence-electron chi connectivity index (χ3n) is 3.22. The zero-order chi connectivity index (χ0) is 15.2. The lowest BCUT2D eigenvalue weighted by atomic mass is 9.89. The molecule has 0 unspecified atom stereocenters. The minimum atomic E-state index is -0.268. The maximum Gasteiger partial charge on any atom is 0.123 e. The van der Waals surface area contributed by atoms with Crippen LogP contribution in [0, 0.1) is 17.1 Å². The van der Waals surface area contributed by atoms with E-state index < -0.39 is 0 Å². The average molecular weight is 283 g/mol. The van der Waals surface area contributed by atoms with Crippen LogP contribution < -0.4 is 4.74 Å². The van der Waals surface area contributed by atoms with Crippen molar-refractivity contribution in [2.45, 2.75) is 32.3 Å². The fourth-order valence-electron chi connectivity index (χ4n) is 2.27. The van der Waals surface area contributed by atoms with Crippen molar-refractivity contribution in [2.75, 3.05) is 0 Å². The lowest BCUT2D eigenvalue weighted by molar-refractivity contribution is 0.242. The largest absolute Gasteiger partial charge is 0.491 e. The van der Waals surface area contributed by atoms with Crippen LogP contribution >= 0.6 is 0 Å². The molecule has 0 spiro atoms. The van der Waals surface area contributed by atoms with Crippen LogP contribution in [0.1, 0.15) is 37.3 Å². The van der Waals surface area contributed by atoms with Gasteiger partial charge in [-0.2, -0.15) is 5.26 Å². The molecule has 0 fully saturated rings. The third-order valence-corrected chi connectivity index (χ3v) is 3.22. The molecular weight excluding hydrogens is 265 g/mol. The van der Waals surface area contributed by atoms with E-state index in [9.17, 15) is 4.39 Å². The second kappa shape index (κ2) is 6.90. The first-order valence-corrected chi connectivity index (χ1v) is 6.99. The summed E-state index contributed by atoms with van der Waals surface area (Å²) in [6.07, 6.45) is 0.485. The molecule has 108 valence electrons. The fourth-order valence-corrected chi connectivity index (χ4v) is 2.27. The predicted octanol–water partition coefficient (Wildman–Crippen LogP) is 4.66. The molecule has 0 aliphatic heterocycles. The molecule has 0 bridgehead atoms. The molecule has 0 heterocycles. The van der Waals surface area contributed by atoms with Gasteiger partial charge in [-0.3, -0.25) is 0 Å². The maximum absolute atomic E-state index is 13.0. The van der Waals surface area contributed by atoms with Gasteiger partial charge in [-0.25, -0.2) is 4.39 Å². The molecule has 0 saturated carbocycles. The molecule has 0 aliphatic carbocycles. The Bertz CT molecular complexity index is 611. The molecule has 1 atom stereocenters. The van der Waals surface area contributed by atoms with Gasteiger partial charge in [-0.15, -0.1) is 0 Å². The monoisotopic (exact) mass is 283 g/mol. The molecule has 0 aromatic heterocycles. The Morgan fingerprint density at radius 2 is 1.52 bits per heavy atom. The predicted molar refractivity (Wildman–Crippen MR) is 80.7 cm³/mol. The van der Waals surface area contributed by atoms with Crippen molar-refractivity contribution in [3.05, 3.63) is 65.5 Å². The Morgan fingerprint density at radius 1 is 1.00 bits per heavy atom. The standard InChI is InChI=1S/C18H18FNO/c1-13(2)21-17-9-5-15(6-10-17)18(11-12-20)14-3-7-16(19)8-4-14/h3-10,13,18H,11H2,1-2H3/t18-/m0/s1. The van der Waals surface area contributed by atoms with Gasteiger partial charge < -0.3 is 4.74 Å². The molecule has 3 heteroatoms. The number of nitriles is 1. The Balaban J connectivity index is 2.26. The van der Waals surface area contributed by atoms with E-state index in [-0.39, 0.29) is 17.8 Å². The molecule has 0 radical (unpaired) electrons. The average Bonchev–Trinajstić information content (AvgIpc) is 2.46. The first-order valence-electron chi connectivity index (χ1n) is 6.99. The van der Waals surface area contributed by atoms with Crippen molar-refractivity contribution < 1.29 is 9.13 Å². The summed E-state index contributed by atoms with van der Waals surface area (Å²) in [5.41, 5.74) is 1.97. The van der Waals surface area contributed by atoms with Gasteiger partial charge in [0.1, 0.15) is 11.6 Å². The van der Waals surface area contributed by atoms with Gasteiger partial charge in [0, 0.05) is 12.3 Å². The summed E-state index contributed by atoms with van der Waals surface area (Å²) in [6.45, 7) is 3.95. The lowest BCUT2D eigenvalue weighted by Crippen LogP contribution is -2.06. The molecule has 21 heavy (non-hydrogen) atoms. The second-order valence-corrected chi connectivity index (χ2v) is 5.20. The normalized spacial score (nSPS) is 12.0. The minimum absolute atomic E-state index is 0.0521. The summed E-state index contributed by atoms with van der Waals surface area (Å²) < 4.78 is 18.6. The Labute approximate surface area is 124 Å². The van der Waals surface area contributed by atoms with Gasteiger partial charge >= 0.3 is 0 Å².